The first-order valence-corrected chi connectivity index (χ1v) is 9.38. The van der Waals surface area contributed by atoms with Gasteiger partial charge in [-0.05, 0) is 36.8 Å². The molecule has 31 heavy (non-hydrogen) atoms. The molecule has 0 atom stereocenters. The van der Waals surface area contributed by atoms with Crippen LogP contribution in [-0.4, -0.2) is 29.9 Å². The zero-order valence-electron chi connectivity index (χ0n) is 16.8. The van der Waals surface area contributed by atoms with Gasteiger partial charge in [0.15, 0.2) is 11.2 Å². The van der Waals surface area contributed by atoms with Crippen LogP contribution in [0.3, 0.4) is 0 Å². The van der Waals surface area contributed by atoms with Crippen LogP contribution < -0.4 is 16.7 Å². The number of rotatable bonds is 5. The Morgan fingerprint density at radius 1 is 1.19 bits per heavy atom. The number of anilines is 1. The number of aromatic nitrogens is 4. The van der Waals surface area contributed by atoms with E-state index in [1.165, 1.54) is 23.7 Å². The molecule has 3 N–H and O–H groups in total. The molecule has 158 valence electrons. The monoisotopic (exact) mass is 422 g/mol. The van der Waals surface area contributed by atoms with Crippen LogP contribution in [0.2, 0.25) is 0 Å². The van der Waals surface area contributed by atoms with Crippen LogP contribution in [0.15, 0.2) is 63.2 Å². The lowest BCUT2D eigenvalue weighted by molar-refractivity contribution is 0.474. The summed E-state index contributed by atoms with van der Waals surface area (Å²) in [6, 6.07) is 12.6. The van der Waals surface area contributed by atoms with Crippen molar-refractivity contribution in [1.82, 2.24) is 19.1 Å². The molecule has 0 aliphatic rings. The lowest BCUT2D eigenvalue weighted by Gasteiger charge is -2.09. The van der Waals surface area contributed by atoms with E-state index in [1.54, 1.807) is 47.9 Å². The Labute approximate surface area is 175 Å². The van der Waals surface area contributed by atoms with E-state index in [9.17, 15) is 19.1 Å². The quantitative estimate of drug-likeness (QED) is 0.337. The number of phenols is 1. The van der Waals surface area contributed by atoms with Crippen molar-refractivity contribution in [2.45, 2.75) is 13.5 Å². The fourth-order valence-electron chi connectivity index (χ4n) is 3.22. The number of H-pyrrole nitrogens is 1. The molecule has 0 spiro atoms. The smallest absolute Gasteiger partial charge is 0.329 e. The van der Waals surface area contributed by atoms with E-state index in [-0.39, 0.29) is 35.2 Å². The van der Waals surface area contributed by atoms with E-state index in [0.717, 1.165) is 5.56 Å². The molecule has 0 aliphatic heterocycles. The summed E-state index contributed by atoms with van der Waals surface area (Å²) in [5.74, 6) is -0.0919. The number of aromatic amines is 1. The highest BCUT2D eigenvalue weighted by atomic mass is 19.1. The van der Waals surface area contributed by atoms with E-state index in [2.05, 4.69) is 20.5 Å². The van der Waals surface area contributed by atoms with Crippen molar-refractivity contribution in [3.63, 3.8) is 0 Å². The predicted octanol–water partition coefficient (Wildman–Crippen LogP) is 2.15. The van der Waals surface area contributed by atoms with Crippen molar-refractivity contribution in [1.29, 1.82) is 0 Å². The van der Waals surface area contributed by atoms with Gasteiger partial charge in [0, 0.05) is 12.6 Å². The molecule has 9 nitrogen and oxygen atoms in total. The van der Waals surface area contributed by atoms with Crippen molar-refractivity contribution in [2.75, 3.05) is 5.43 Å². The van der Waals surface area contributed by atoms with Crippen molar-refractivity contribution in [3.05, 3.63) is 86.3 Å². The summed E-state index contributed by atoms with van der Waals surface area (Å²) < 4.78 is 16.1. The third-order valence-corrected chi connectivity index (χ3v) is 4.88. The topological polar surface area (TPSA) is 117 Å². The Hall–Kier alpha value is -4.21. The Morgan fingerprint density at radius 3 is 2.61 bits per heavy atom. The van der Waals surface area contributed by atoms with Crippen LogP contribution in [0.4, 0.5) is 10.3 Å². The van der Waals surface area contributed by atoms with E-state index in [0.29, 0.717) is 11.3 Å². The third-order valence-electron chi connectivity index (χ3n) is 4.88. The van der Waals surface area contributed by atoms with Gasteiger partial charge in [0.2, 0.25) is 5.95 Å². The average Bonchev–Trinajstić information content (AvgIpc) is 3.11. The molecule has 0 aliphatic carbocycles. The number of hydrogen-bond acceptors (Lipinski definition) is 6. The molecule has 0 bridgehead atoms. The Kier molecular flexibility index (Phi) is 5.12. The van der Waals surface area contributed by atoms with E-state index in [1.807, 2.05) is 0 Å². The fourth-order valence-corrected chi connectivity index (χ4v) is 3.22. The standard InChI is InChI=1S/C21H19FN6O3/c1-12(15-5-3-4-6-16(15)29)25-26-20-23-18-17(19(30)24-21(31)27(18)2)28(20)11-13-7-9-14(22)10-8-13/h3-10,29H,11H2,1-2H3,(H,23,26)(H,24,30,31)/b25-12-. The van der Waals surface area contributed by atoms with Gasteiger partial charge in [-0.2, -0.15) is 10.1 Å². The van der Waals surface area contributed by atoms with Crippen LogP contribution in [0.5, 0.6) is 5.75 Å². The van der Waals surface area contributed by atoms with Gasteiger partial charge in [-0.15, -0.1) is 0 Å². The molecular formula is C21H19FN6O3. The summed E-state index contributed by atoms with van der Waals surface area (Å²) in [6.07, 6.45) is 0. The first kappa shape index (κ1) is 20.1. The van der Waals surface area contributed by atoms with Crippen LogP contribution in [-0.2, 0) is 13.6 Å². The van der Waals surface area contributed by atoms with Crippen LogP contribution in [0.1, 0.15) is 18.1 Å². The van der Waals surface area contributed by atoms with Gasteiger partial charge >= 0.3 is 5.69 Å². The number of fused-ring (bicyclic) bond motifs is 1. The maximum absolute atomic E-state index is 13.3. The molecular weight excluding hydrogens is 403 g/mol. The lowest BCUT2D eigenvalue weighted by atomic mass is 10.1. The zero-order valence-corrected chi connectivity index (χ0v) is 16.8. The molecule has 10 heteroatoms. The Bertz CT molecular complexity index is 1420. The van der Waals surface area contributed by atoms with E-state index in [4.69, 9.17) is 0 Å². The molecule has 4 rings (SSSR count). The molecule has 4 aromatic rings. The third kappa shape index (κ3) is 3.82. The van der Waals surface area contributed by atoms with Crippen LogP contribution in [0.25, 0.3) is 11.2 Å². The normalized spacial score (nSPS) is 11.8. The number of halogens is 1. The summed E-state index contributed by atoms with van der Waals surface area (Å²) in [4.78, 5) is 31.2. The maximum atomic E-state index is 13.3. The minimum atomic E-state index is -0.595. The molecule has 0 saturated heterocycles. The van der Waals surface area contributed by atoms with Crippen molar-refractivity contribution >= 4 is 22.8 Å². The van der Waals surface area contributed by atoms with Gasteiger partial charge < -0.3 is 5.11 Å². The molecule has 0 saturated carbocycles. The number of para-hydroxylation sites is 1. The van der Waals surface area contributed by atoms with Gasteiger partial charge in [0.05, 0.1) is 12.3 Å². The highest BCUT2D eigenvalue weighted by Gasteiger charge is 2.18. The first-order valence-electron chi connectivity index (χ1n) is 9.38. The number of hydrazone groups is 1. The fraction of sp³-hybridized carbons (Fsp3) is 0.143. The SMILES string of the molecule is C/C(=N/Nc1nc2c(c(=O)[nH]c(=O)n2C)n1Cc1ccc(F)cc1)c1ccccc1O. The zero-order chi connectivity index (χ0) is 22.1. The highest BCUT2D eigenvalue weighted by molar-refractivity contribution is 6.01. The molecule has 0 fully saturated rings. The van der Waals surface area contributed by atoms with Gasteiger partial charge in [-0.1, -0.05) is 24.3 Å². The van der Waals surface area contributed by atoms with Crippen molar-refractivity contribution in [2.24, 2.45) is 12.1 Å². The van der Waals surface area contributed by atoms with Gasteiger partial charge in [0.25, 0.3) is 5.56 Å². The molecule has 2 aromatic heterocycles. The van der Waals surface area contributed by atoms with Crippen molar-refractivity contribution in [3.8, 4) is 5.75 Å². The number of nitrogens with one attached hydrogen (secondary N) is 2. The second-order valence-corrected chi connectivity index (χ2v) is 6.96. The molecule has 0 radical (unpaired) electrons. The Morgan fingerprint density at radius 2 is 1.90 bits per heavy atom. The van der Waals surface area contributed by atoms with Crippen LogP contribution in [0, 0.1) is 5.82 Å². The molecule has 2 heterocycles. The first-order chi connectivity index (χ1) is 14.8. The van der Waals surface area contributed by atoms with Crippen LogP contribution >= 0.6 is 0 Å². The second kappa shape index (κ2) is 7.90. The van der Waals surface area contributed by atoms with Gasteiger partial charge in [-0.25, -0.2) is 14.6 Å². The second-order valence-electron chi connectivity index (χ2n) is 6.96. The average molecular weight is 422 g/mol. The molecule has 2 aromatic carbocycles. The van der Waals surface area contributed by atoms with E-state index < -0.39 is 11.2 Å². The molecule has 0 unspecified atom stereocenters. The number of phenolic OH excluding ortho intramolecular Hbond substituents is 1. The minimum Gasteiger partial charge on any atom is -0.507 e. The number of imidazole rings is 1. The van der Waals surface area contributed by atoms with Gasteiger partial charge in [0.1, 0.15) is 11.6 Å². The highest BCUT2D eigenvalue weighted by Crippen LogP contribution is 2.20. The molecule has 0 amide bonds. The summed E-state index contributed by atoms with van der Waals surface area (Å²) in [7, 11) is 1.50. The Balaban J connectivity index is 1.83. The van der Waals surface area contributed by atoms with Gasteiger partial charge in [-0.3, -0.25) is 18.9 Å². The largest absolute Gasteiger partial charge is 0.507 e. The summed E-state index contributed by atoms with van der Waals surface area (Å²) in [6.45, 7) is 1.89. The van der Waals surface area contributed by atoms with E-state index >= 15 is 0 Å². The minimum absolute atomic E-state index is 0.0733. The number of benzene rings is 2. The number of aromatic hydroxyl groups is 1. The lowest BCUT2D eigenvalue weighted by Crippen LogP contribution is -2.29. The summed E-state index contributed by atoms with van der Waals surface area (Å²) >= 11 is 0. The summed E-state index contributed by atoms with van der Waals surface area (Å²) in [5, 5.41) is 14.3. The number of aryl methyl sites for hydroxylation is 1. The van der Waals surface area contributed by atoms with Crippen molar-refractivity contribution < 1.29 is 9.50 Å². The maximum Gasteiger partial charge on any atom is 0.329 e. The number of nitrogens with zero attached hydrogens (tertiary/aromatic N) is 4. The number of hydrogen-bond donors (Lipinski definition) is 3. The summed E-state index contributed by atoms with van der Waals surface area (Å²) in [5.41, 5.74) is 3.71. The predicted molar refractivity (Wildman–Crippen MR) is 115 cm³/mol.